The van der Waals surface area contributed by atoms with E-state index in [2.05, 4.69) is 24.3 Å². The van der Waals surface area contributed by atoms with Crippen LogP contribution in [0, 0.1) is 11.3 Å². The monoisotopic (exact) mass is 325 g/mol. The molecular weight excluding hydrogens is 298 g/mol. The van der Waals surface area contributed by atoms with Gasteiger partial charge in [-0.25, -0.2) is 0 Å². The van der Waals surface area contributed by atoms with E-state index in [1.807, 2.05) is 11.8 Å². The zero-order chi connectivity index (χ0) is 16.5. The molecule has 4 aliphatic rings. The summed E-state index contributed by atoms with van der Waals surface area (Å²) in [4.78, 5) is 14.5. The van der Waals surface area contributed by atoms with E-state index in [4.69, 9.17) is 0 Å². The maximum atomic E-state index is 12.4. The number of amides is 1. The Morgan fingerprint density at radius 2 is 1.71 bits per heavy atom. The molecule has 1 heterocycles. The third-order valence-corrected chi connectivity index (χ3v) is 6.88. The van der Waals surface area contributed by atoms with Crippen molar-refractivity contribution >= 4 is 5.91 Å². The number of benzene rings is 1. The van der Waals surface area contributed by atoms with Crippen LogP contribution in [-0.2, 0) is 4.79 Å². The Labute approximate surface area is 144 Å². The van der Waals surface area contributed by atoms with Crippen LogP contribution in [0.25, 0.3) is 0 Å². The molecule has 3 saturated carbocycles. The topological polar surface area (TPSA) is 40.5 Å². The summed E-state index contributed by atoms with van der Waals surface area (Å²) in [6.45, 7) is 3.73. The lowest BCUT2D eigenvalue weighted by molar-refractivity contribution is -0.168. The van der Waals surface area contributed by atoms with E-state index < -0.39 is 5.60 Å². The summed E-state index contributed by atoms with van der Waals surface area (Å²) in [5.74, 6) is 1.88. The largest absolute Gasteiger partial charge is 0.390 e. The molecule has 1 aliphatic heterocycles. The molecule has 1 spiro atoms. The predicted octanol–water partition coefficient (Wildman–Crippen LogP) is 3.43. The van der Waals surface area contributed by atoms with Gasteiger partial charge in [-0.2, -0.15) is 0 Å². The minimum Gasteiger partial charge on any atom is -0.390 e. The lowest BCUT2D eigenvalue weighted by atomic mass is 9.55. The Morgan fingerprint density at radius 1 is 1.08 bits per heavy atom. The Kier molecular flexibility index (Phi) is 3.02. The Bertz CT molecular complexity index is 669. The molecule has 0 unspecified atom stereocenters. The molecule has 1 N–H and O–H groups in total. The van der Waals surface area contributed by atoms with Gasteiger partial charge in [-0.05, 0) is 68.4 Å². The van der Waals surface area contributed by atoms with Crippen LogP contribution in [0.5, 0.6) is 0 Å². The second-order valence-electron chi connectivity index (χ2n) is 9.35. The summed E-state index contributed by atoms with van der Waals surface area (Å²) in [5.41, 5.74) is 2.86. The number of rotatable bonds is 3. The lowest BCUT2D eigenvalue weighted by Crippen LogP contribution is -2.65. The number of carbonyl (C=O) groups excluding carboxylic acids is 1. The van der Waals surface area contributed by atoms with Gasteiger partial charge < -0.3 is 10.0 Å². The van der Waals surface area contributed by atoms with Crippen LogP contribution in [0.15, 0.2) is 24.3 Å². The van der Waals surface area contributed by atoms with Crippen LogP contribution < -0.4 is 0 Å². The summed E-state index contributed by atoms with van der Waals surface area (Å²) in [5, 5.41) is 9.82. The summed E-state index contributed by atoms with van der Waals surface area (Å²) in [7, 11) is 0. The van der Waals surface area contributed by atoms with E-state index in [1.165, 1.54) is 36.8 Å². The summed E-state index contributed by atoms with van der Waals surface area (Å²) >= 11 is 0. The first kappa shape index (κ1) is 14.9. The maximum Gasteiger partial charge on any atom is 0.225 e. The fourth-order valence-corrected chi connectivity index (χ4v) is 5.32. The van der Waals surface area contributed by atoms with Gasteiger partial charge in [0.1, 0.15) is 0 Å². The fourth-order valence-electron chi connectivity index (χ4n) is 5.32. The fraction of sp³-hybridized carbons (Fsp3) is 0.667. The molecule has 3 aliphatic carbocycles. The second kappa shape index (κ2) is 4.85. The minimum absolute atomic E-state index is 0.0726. The minimum atomic E-state index is -0.600. The van der Waals surface area contributed by atoms with Crippen molar-refractivity contribution in [2.24, 2.45) is 11.3 Å². The molecule has 1 amide bonds. The van der Waals surface area contributed by atoms with Crippen molar-refractivity contribution in [3.63, 3.8) is 0 Å². The van der Waals surface area contributed by atoms with Crippen molar-refractivity contribution in [1.82, 2.24) is 4.90 Å². The van der Waals surface area contributed by atoms with Gasteiger partial charge in [-0.3, -0.25) is 4.79 Å². The highest BCUT2D eigenvalue weighted by atomic mass is 16.3. The van der Waals surface area contributed by atoms with Crippen molar-refractivity contribution in [2.45, 2.75) is 62.9 Å². The quantitative estimate of drug-likeness (QED) is 0.925. The molecule has 0 radical (unpaired) electrons. The molecule has 1 saturated heterocycles. The molecule has 1 aromatic carbocycles. The van der Waals surface area contributed by atoms with Crippen LogP contribution in [0.3, 0.4) is 0 Å². The third-order valence-electron chi connectivity index (χ3n) is 6.88. The third kappa shape index (κ3) is 2.40. The number of carbonyl (C=O) groups is 1. The molecule has 0 bridgehead atoms. The molecule has 1 aromatic rings. The smallest absolute Gasteiger partial charge is 0.225 e. The number of nitrogens with zero attached hydrogens (tertiary/aromatic N) is 1. The van der Waals surface area contributed by atoms with Crippen molar-refractivity contribution in [3.8, 4) is 0 Å². The van der Waals surface area contributed by atoms with E-state index in [-0.39, 0.29) is 11.8 Å². The summed E-state index contributed by atoms with van der Waals surface area (Å²) in [6.07, 6.45) is 6.50. The van der Waals surface area contributed by atoms with Gasteiger partial charge >= 0.3 is 0 Å². The number of aliphatic hydroxyl groups is 1. The molecule has 3 nitrogen and oxygen atoms in total. The van der Waals surface area contributed by atoms with Gasteiger partial charge in [0.05, 0.1) is 5.60 Å². The number of hydrogen-bond donors (Lipinski definition) is 1. The average Bonchev–Trinajstić information content (AvgIpc) is 3.26. The predicted molar refractivity (Wildman–Crippen MR) is 92.8 cm³/mol. The summed E-state index contributed by atoms with van der Waals surface area (Å²) in [6, 6.07) is 9.24. The van der Waals surface area contributed by atoms with Crippen molar-refractivity contribution in [2.75, 3.05) is 13.1 Å². The van der Waals surface area contributed by atoms with E-state index in [0.717, 1.165) is 19.0 Å². The average molecular weight is 325 g/mol. The molecule has 4 fully saturated rings. The highest BCUT2D eigenvalue weighted by Crippen LogP contribution is 2.57. The van der Waals surface area contributed by atoms with Crippen molar-refractivity contribution in [3.05, 3.63) is 35.4 Å². The molecule has 0 aromatic heterocycles. The molecule has 0 atom stereocenters. The zero-order valence-corrected chi connectivity index (χ0v) is 14.5. The van der Waals surface area contributed by atoms with Crippen LogP contribution in [-0.4, -0.2) is 34.6 Å². The Hall–Kier alpha value is -1.35. The first-order valence-corrected chi connectivity index (χ1v) is 9.54. The van der Waals surface area contributed by atoms with Crippen LogP contribution in [0.2, 0.25) is 0 Å². The maximum absolute atomic E-state index is 12.4. The van der Waals surface area contributed by atoms with E-state index in [9.17, 15) is 9.90 Å². The van der Waals surface area contributed by atoms with E-state index in [0.29, 0.717) is 24.2 Å². The molecular formula is C21H27NO2. The Morgan fingerprint density at radius 3 is 2.29 bits per heavy atom. The second-order valence-corrected chi connectivity index (χ2v) is 9.35. The van der Waals surface area contributed by atoms with Crippen LogP contribution in [0.4, 0.5) is 0 Å². The van der Waals surface area contributed by atoms with E-state index >= 15 is 0 Å². The van der Waals surface area contributed by atoms with Gasteiger partial charge in [0.25, 0.3) is 0 Å². The zero-order valence-electron chi connectivity index (χ0n) is 14.5. The SMILES string of the molecule is C[C@]1(O)C[C@@H](C(=O)N2CC3(CC(c4cccc(C5CC5)c4)C3)C2)C1. The first-order valence-electron chi connectivity index (χ1n) is 9.54. The highest BCUT2D eigenvalue weighted by molar-refractivity contribution is 5.81. The van der Waals surface area contributed by atoms with Gasteiger partial charge in [-0.15, -0.1) is 0 Å². The van der Waals surface area contributed by atoms with Crippen molar-refractivity contribution in [1.29, 1.82) is 0 Å². The van der Waals surface area contributed by atoms with E-state index in [1.54, 1.807) is 0 Å². The number of likely N-dealkylation sites (tertiary alicyclic amines) is 1. The van der Waals surface area contributed by atoms with Gasteiger partial charge in [0.2, 0.25) is 5.91 Å². The standard InChI is InChI=1S/C21H27NO2/c1-20(24)8-18(9-20)19(23)22-12-21(13-22)10-17(11-21)16-4-2-3-15(7-16)14-5-6-14/h2-4,7,14,17-18,24H,5-6,8-13H2,1H3/t18-,20+. The van der Waals surface area contributed by atoms with Gasteiger partial charge in [0, 0.05) is 24.4 Å². The highest BCUT2D eigenvalue weighted by Gasteiger charge is 2.56. The molecule has 5 rings (SSSR count). The molecule has 24 heavy (non-hydrogen) atoms. The number of hydrogen-bond acceptors (Lipinski definition) is 2. The van der Waals surface area contributed by atoms with Crippen molar-refractivity contribution < 1.29 is 9.90 Å². The Balaban J connectivity index is 1.15. The van der Waals surface area contributed by atoms with Gasteiger partial charge in [-0.1, -0.05) is 24.3 Å². The summed E-state index contributed by atoms with van der Waals surface area (Å²) < 4.78 is 0. The normalized spacial score (nSPS) is 34.4. The van der Waals surface area contributed by atoms with Gasteiger partial charge in [0.15, 0.2) is 0 Å². The first-order chi connectivity index (χ1) is 11.4. The van der Waals surface area contributed by atoms with Crippen LogP contribution >= 0.6 is 0 Å². The van der Waals surface area contributed by atoms with Crippen LogP contribution in [0.1, 0.15) is 68.4 Å². The molecule has 3 heteroatoms. The molecule has 128 valence electrons. The lowest BCUT2D eigenvalue weighted by Gasteiger charge is -2.60.